The summed E-state index contributed by atoms with van der Waals surface area (Å²) in [6.07, 6.45) is 0.244. The Morgan fingerprint density at radius 3 is 2.33 bits per heavy atom. The highest BCUT2D eigenvalue weighted by atomic mass is 35.5. The Morgan fingerprint density at radius 1 is 1.17 bits per heavy atom. The Labute approximate surface area is 116 Å². The summed E-state index contributed by atoms with van der Waals surface area (Å²) in [5, 5.41) is 3.37. The van der Waals surface area contributed by atoms with Gasteiger partial charge in [0.05, 0.1) is 6.10 Å². The first-order valence-corrected chi connectivity index (χ1v) is 6.43. The van der Waals surface area contributed by atoms with Gasteiger partial charge in [0.15, 0.2) is 0 Å². The van der Waals surface area contributed by atoms with Crippen molar-refractivity contribution in [1.29, 1.82) is 0 Å². The Kier molecular flexibility index (Phi) is 6.47. The molecule has 1 aromatic rings. The zero-order valence-corrected chi connectivity index (χ0v) is 12.0. The molecule has 0 aliphatic carbocycles. The number of halogens is 1. The molecule has 1 aliphatic heterocycles. The van der Waals surface area contributed by atoms with Crippen LogP contribution in [-0.4, -0.2) is 37.2 Å². The van der Waals surface area contributed by atoms with Crippen LogP contribution in [0.4, 0.5) is 0 Å². The van der Waals surface area contributed by atoms with E-state index >= 15 is 0 Å². The lowest BCUT2D eigenvalue weighted by atomic mass is 10.2. The molecule has 3 nitrogen and oxygen atoms in total. The Bertz CT molecular complexity index is 334. The van der Waals surface area contributed by atoms with Gasteiger partial charge in [-0.1, -0.05) is 12.1 Å². The highest BCUT2D eigenvalue weighted by molar-refractivity contribution is 5.85. The van der Waals surface area contributed by atoms with Gasteiger partial charge in [0.2, 0.25) is 0 Å². The van der Waals surface area contributed by atoms with E-state index in [0.29, 0.717) is 0 Å². The molecule has 18 heavy (non-hydrogen) atoms. The molecule has 2 rings (SSSR count). The molecule has 102 valence electrons. The molecule has 0 amide bonds. The van der Waals surface area contributed by atoms with Gasteiger partial charge in [-0.3, -0.25) is 4.90 Å². The SMILES string of the molecule is CC(C)Oc1ccc(CN2CCNCC2)cc1.Cl. The molecule has 1 heterocycles. The Hall–Kier alpha value is -0.770. The Balaban J connectivity index is 0.00000162. The summed E-state index contributed by atoms with van der Waals surface area (Å²) in [5.41, 5.74) is 1.36. The molecule has 0 unspecified atom stereocenters. The Morgan fingerprint density at radius 2 is 1.78 bits per heavy atom. The molecule has 4 heteroatoms. The quantitative estimate of drug-likeness (QED) is 0.909. The van der Waals surface area contributed by atoms with E-state index in [1.807, 2.05) is 0 Å². The fraction of sp³-hybridized carbons (Fsp3) is 0.571. The predicted molar refractivity (Wildman–Crippen MR) is 77.6 cm³/mol. The zero-order chi connectivity index (χ0) is 12.1. The highest BCUT2D eigenvalue weighted by Crippen LogP contribution is 2.15. The van der Waals surface area contributed by atoms with E-state index in [0.717, 1.165) is 38.5 Å². The monoisotopic (exact) mass is 270 g/mol. The largest absolute Gasteiger partial charge is 0.491 e. The number of ether oxygens (including phenoxy) is 1. The van der Waals surface area contributed by atoms with Crippen molar-refractivity contribution in [2.75, 3.05) is 26.2 Å². The lowest BCUT2D eigenvalue weighted by molar-refractivity contribution is 0.232. The third-order valence-electron chi connectivity index (χ3n) is 2.91. The molecule has 0 bridgehead atoms. The van der Waals surface area contributed by atoms with Gasteiger partial charge < -0.3 is 10.1 Å². The number of rotatable bonds is 4. The van der Waals surface area contributed by atoms with Gasteiger partial charge in [-0.15, -0.1) is 12.4 Å². The van der Waals surface area contributed by atoms with Crippen LogP contribution in [0.1, 0.15) is 19.4 Å². The molecule has 1 N–H and O–H groups in total. The van der Waals surface area contributed by atoms with Gasteiger partial charge >= 0.3 is 0 Å². The summed E-state index contributed by atoms with van der Waals surface area (Å²) < 4.78 is 5.64. The van der Waals surface area contributed by atoms with Crippen molar-refractivity contribution in [3.63, 3.8) is 0 Å². The maximum atomic E-state index is 5.64. The van der Waals surface area contributed by atoms with Crippen molar-refractivity contribution < 1.29 is 4.74 Å². The van der Waals surface area contributed by atoms with Crippen LogP contribution in [0.5, 0.6) is 5.75 Å². The molecule has 0 spiro atoms. The van der Waals surface area contributed by atoms with E-state index in [1.54, 1.807) is 0 Å². The minimum absolute atomic E-state index is 0. The van der Waals surface area contributed by atoms with E-state index in [2.05, 4.69) is 48.3 Å². The summed E-state index contributed by atoms with van der Waals surface area (Å²) in [6, 6.07) is 8.47. The molecule has 0 radical (unpaired) electrons. The van der Waals surface area contributed by atoms with Crippen molar-refractivity contribution in [2.24, 2.45) is 0 Å². The first-order valence-electron chi connectivity index (χ1n) is 6.43. The lowest BCUT2D eigenvalue weighted by Gasteiger charge is -2.27. The summed E-state index contributed by atoms with van der Waals surface area (Å²) in [5.74, 6) is 0.962. The van der Waals surface area contributed by atoms with Gasteiger partial charge in [-0.25, -0.2) is 0 Å². The molecule has 1 aromatic carbocycles. The van der Waals surface area contributed by atoms with Crippen LogP contribution in [0.25, 0.3) is 0 Å². The maximum Gasteiger partial charge on any atom is 0.119 e. The second-order valence-electron chi connectivity index (χ2n) is 4.84. The second kappa shape index (κ2) is 7.62. The van der Waals surface area contributed by atoms with Crippen molar-refractivity contribution in [3.05, 3.63) is 29.8 Å². The number of piperazine rings is 1. The second-order valence-corrected chi connectivity index (χ2v) is 4.84. The minimum Gasteiger partial charge on any atom is -0.491 e. The van der Waals surface area contributed by atoms with Crippen LogP contribution < -0.4 is 10.1 Å². The molecule has 1 saturated heterocycles. The van der Waals surface area contributed by atoms with Crippen LogP contribution in [0, 0.1) is 0 Å². The fourth-order valence-corrected chi connectivity index (χ4v) is 2.07. The van der Waals surface area contributed by atoms with Crippen molar-refractivity contribution >= 4 is 12.4 Å². The highest BCUT2D eigenvalue weighted by Gasteiger charge is 2.09. The number of nitrogens with zero attached hydrogens (tertiary/aromatic N) is 1. The van der Waals surface area contributed by atoms with Gasteiger partial charge in [0.1, 0.15) is 5.75 Å². The molecule has 0 atom stereocenters. The van der Waals surface area contributed by atoms with E-state index in [1.165, 1.54) is 5.56 Å². The average molecular weight is 271 g/mol. The summed E-state index contributed by atoms with van der Waals surface area (Å²) in [4.78, 5) is 2.48. The molecular formula is C14H23ClN2O. The normalized spacial score (nSPS) is 16.4. The van der Waals surface area contributed by atoms with Crippen molar-refractivity contribution in [2.45, 2.75) is 26.5 Å². The van der Waals surface area contributed by atoms with Gasteiger partial charge in [0.25, 0.3) is 0 Å². The van der Waals surface area contributed by atoms with Crippen LogP contribution in [-0.2, 0) is 6.54 Å². The van der Waals surface area contributed by atoms with Crippen molar-refractivity contribution in [3.8, 4) is 5.75 Å². The molecular weight excluding hydrogens is 248 g/mol. The third kappa shape index (κ3) is 4.84. The number of benzene rings is 1. The molecule has 0 aromatic heterocycles. The van der Waals surface area contributed by atoms with E-state index in [9.17, 15) is 0 Å². The topological polar surface area (TPSA) is 24.5 Å². The van der Waals surface area contributed by atoms with E-state index in [4.69, 9.17) is 4.74 Å². The summed E-state index contributed by atoms with van der Waals surface area (Å²) in [7, 11) is 0. The molecule has 1 fully saturated rings. The average Bonchev–Trinajstić information content (AvgIpc) is 2.32. The van der Waals surface area contributed by atoms with Crippen molar-refractivity contribution in [1.82, 2.24) is 10.2 Å². The lowest BCUT2D eigenvalue weighted by Crippen LogP contribution is -2.42. The van der Waals surface area contributed by atoms with E-state index < -0.39 is 0 Å². The van der Waals surface area contributed by atoms with Crippen LogP contribution >= 0.6 is 12.4 Å². The smallest absolute Gasteiger partial charge is 0.119 e. The van der Waals surface area contributed by atoms with Crippen LogP contribution in [0.15, 0.2) is 24.3 Å². The first-order chi connectivity index (χ1) is 8.24. The maximum absolute atomic E-state index is 5.64. The van der Waals surface area contributed by atoms with Gasteiger partial charge in [0, 0.05) is 32.7 Å². The number of hydrogen-bond acceptors (Lipinski definition) is 3. The number of nitrogens with one attached hydrogen (secondary N) is 1. The summed E-state index contributed by atoms with van der Waals surface area (Å²) >= 11 is 0. The van der Waals surface area contributed by atoms with Crippen LogP contribution in [0.2, 0.25) is 0 Å². The zero-order valence-electron chi connectivity index (χ0n) is 11.2. The molecule has 1 aliphatic rings. The number of hydrogen-bond donors (Lipinski definition) is 1. The summed E-state index contributed by atoms with van der Waals surface area (Å²) in [6.45, 7) is 9.64. The van der Waals surface area contributed by atoms with Crippen LogP contribution in [0.3, 0.4) is 0 Å². The predicted octanol–water partition coefficient (Wildman–Crippen LogP) is 2.30. The van der Waals surface area contributed by atoms with Gasteiger partial charge in [-0.2, -0.15) is 0 Å². The van der Waals surface area contributed by atoms with Gasteiger partial charge in [-0.05, 0) is 31.5 Å². The van der Waals surface area contributed by atoms with E-state index in [-0.39, 0.29) is 18.5 Å². The minimum atomic E-state index is 0. The fourth-order valence-electron chi connectivity index (χ4n) is 2.07. The molecule has 0 saturated carbocycles. The standard InChI is InChI=1S/C14H22N2O.ClH/c1-12(2)17-14-5-3-13(4-6-14)11-16-9-7-15-8-10-16;/h3-6,12,15H,7-11H2,1-2H3;1H. The first kappa shape index (κ1) is 15.3. The third-order valence-corrected chi connectivity index (χ3v) is 2.91.